The highest BCUT2D eigenvalue weighted by atomic mass is 16.4. The molecule has 1 aromatic rings. The minimum atomic E-state index is -1.05. The van der Waals surface area contributed by atoms with Crippen molar-refractivity contribution >= 4 is 17.8 Å². The predicted molar refractivity (Wildman–Crippen MR) is 98.5 cm³/mol. The fourth-order valence-corrected chi connectivity index (χ4v) is 3.19. The molecule has 1 heterocycles. The summed E-state index contributed by atoms with van der Waals surface area (Å²) in [4.78, 5) is 38.3. The summed E-state index contributed by atoms with van der Waals surface area (Å²) in [6, 6.07) is 8.25. The first-order valence-corrected chi connectivity index (χ1v) is 9.05. The lowest BCUT2D eigenvalue weighted by Crippen LogP contribution is -2.51. The molecule has 1 aromatic carbocycles. The van der Waals surface area contributed by atoms with Gasteiger partial charge in [-0.2, -0.15) is 0 Å². The van der Waals surface area contributed by atoms with Gasteiger partial charge in [0.2, 0.25) is 11.8 Å². The molecule has 0 aliphatic carbocycles. The summed E-state index contributed by atoms with van der Waals surface area (Å²) < 4.78 is 0. The van der Waals surface area contributed by atoms with Gasteiger partial charge in [-0.25, -0.2) is 4.79 Å². The van der Waals surface area contributed by atoms with Gasteiger partial charge in [-0.1, -0.05) is 51.1 Å². The summed E-state index contributed by atoms with van der Waals surface area (Å²) in [6.07, 6.45) is 1.65. The van der Waals surface area contributed by atoms with Crippen molar-refractivity contribution in [2.75, 3.05) is 13.1 Å². The molecular weight excluding hydrogens is 332 g/mol. The van der Waals surface area contributed by atoms with Crippen LogP contribution in [0, 0.1) is 11.3 Å². The average molecular weight is 360 g/mol. The average Bonchev–Trinajstić information content (AvgIpc) is 2.60. The number of hydrogen-bond acceptors (Lipinski definition) is 3. The lowest BCUT2D eigenvalue weighted by Gasteiger charge is -2.36. The second-order valence-electron chi connectivity index (χ2n) is 7.93. The van der Waals surface area contributed by atoms with Gasteiger partial charge < -0.3 is 15.3 Å². The van der Waals surface area contributed by atoms with E-state index in [0.717, 1.165) is 12.0 Å². The summed E-state index contributed by atoms with van der Waals surface area (Å²) in [5.74, 6) is -1.69. The van der Waals surface area contributed by atoms with Crippen LogP contribution in [-0.2, 0) is 20.8 Å². The van der Waals surface area contributed by atoms with Gasteiger partial charge in [-0.15, -0.1) is 0 Å². The standard InChI is InChI=1S/C20H28N2O4/c1-20(2,3)19(26)22-11-7-10-15(13-22)17(23)21-16(18(24)25)12-14-8-5-4-6-9-14/h4-6,8-9,15-16H,7,10-13H2,1-3H3,(H,21,23)(H,24,25)/t15?,16-/m0/s1. The van der Waals surface area contributed by atoms with Crippen molar-refractivity contribution in [1.82, 2.24) is 10.2 Å². The molecule has 6 nitrogen and oxygen atoms in total. The number of carbonyl (C=O) groups excluding carboxylic acids is 2. The van der Waals surface area contributed by atoms with E-state index in [9.17, 15) is 19.5 Å². The molecule has 6 heteroatoms. The van der Waals surface area contributed by atoms with Gasteiger partial charge in [-0.3, -0.25) is 9.59 Å². The number of carboxylic acids is 1. The quantitative estimate of drug-likeness (QED) is 0.842. The van der Waals surface area contributed by atoms with E-state index >= 15 is 0 Å². The Labute approximate surface area is 154 Å². The Bertz CT molecular complexity index is 652. The first-order chi connectivity index (χ1) is 12.2. The van der Waals surface area contributed by atoms with Gasteiger partial charge in [0.15, 0.2) is 0 Å². The number of hydrogen-bond donors (Lipinski definition) is 2. The summed E-state index contributed by atoms with van der Waals surface area (Å²) in [5, 5.41) is 12.1. The minimum absolute atomic E-state index is 0.0223. The Morgan fingerprint density at radius 2 is 1.88 bits per heavy atom. The van der Waals surface area contributed by atoms with Crippen molar-refractivity contribution in [3.63, 3.8) is 0 Å². The number of likely N-dealkylation sites (tertiary alicyclic amines) is 1. The van der Waals surface area contributed by atoms with E-state index in [4.69, 9.17) is 0 Å². The molecule has 142 valence electrons. The number of carboxylic acid groups (broad SMARTS) is 1. The third-order valence-electron chi connectivity index (χ3n) is 4.62. The predicted octanol–water partition coefficient (Wildman–Crippen LogP) is 2.08. The minimum Gasteiger partial charge on any atom is -0.480 e. The highest BCUT2D eigenvalue weighted by Crippen LogP contribution is 2.23. The largest absolute Gasteiger partial charge is 0.480 e. The third kappa shape index (κ3) is 5.31. The molecule has 0 bridgehead atoms. The van der Waals surface area contributed by atoms with Gasteiger partial charge in [0.25, 0.3) is 0 Å². The highest BCUT2D eigenvalue weighted by molar-refractivity contribution is 5.86. The lowest BCUT2D eigenvalue weighted by atomic mass is 9.90. The maximum absolute atomic E-state index is 12.6. The van der Waals surface area contributed by atoms with Crippen molar-refractivity contribution in [3.8, 4) is 0 Å². The summed E-state index contributed by atoms with van der Waals surface area (Å²) in [6.45, 7) is 6.57. The number of nitrogens with zero attached hydrogens (tertiary/aromatic N) is 1. The Morgan fingerprint density at radius 1 is 1.23 bits per heavy atom. The molecule has 26 heavy (non-hydrogen) atoms. The van der Waals surface area contributed by atoms with Crippen molar-refractivity contribution in [3.05, 3.63) is 35.9 Å². The highest BCUT2D eigenvalue weighted by Gasteiger charge is 2.34. The first-order valence-electron chi connectivity index (χ1n) is 9.05. The molecule has 2 atom stereocenters. The van der Waals surface area contributed by atoms with E-state index in [0.29, 0.717) is 19.5 Å². The Morgan fingerprint density at radius 3 is 2.46 bits per heavy atom. The van der Waals surface area contributed by atoms with Gasteiger partial charge in [-0.05, 0) is 18.4 Å². The number of piperidine rings is 1. The summed E-state index contributed by atoms with van der Waals surface area (Å²) >= 11 is 0. The lowest BCUT2D eigenvalue weighted by molar-refractivity contribution is -0.145. The zero-order valence-electron chi connectivity index (χ0n) is 15.7. The van der Waals surface area contributed by atoms with Crippen molar-refractivity contribution < 1.29 is 19.5 Å². The van der Waals surface area contributed by atoms with Gasteiger partial charge in [0, 0.05) is 24.9 Å². The van der Waals surface area contributed by atoms with Gasteiger partial charge in [0.05, 0.1) is 5.92 Å². The topological polar surface area (TPSA) is 86.7 Å². The molecule has 0 spiro atoms. The second-order valence-corrected chi connectivity index (χ2v) is 7.93. The van der Waals surface area contributed by atoms with E-state index in [2.05, 4.69) is 5.32 Å². The monoisotopic (exact) mass is 360 g/mol. The van der Waals surface area contributed by atoms with E-state index in [1.165, 1.54) is 0 Å². The summed E-state index contributed by atoms with van der Waals surface area (Å²) in [7, 11) is 0. The third-order valence-corrected chi connectivity index (χ3v) is 4.62. The van der Waals surface area contributed by atoms with Crippen LogP contribution in [0.3, 0.4) is 0 Å². The molecule has 1 aliphatic rings. The number of nitrogens with one attached hydrogen (secondary N) is 1. The van der Waals surface area contributed by atoms with Crippen molar-refractivity contribution in [1.29, 1.82) is 0 Å². The number of rotatable bonds is 5. The zero-order valence-corrected chi connectivity index (χ0v) is 15.7. The fourth-order valence-electron chi connectivity index (χ4n) is 3.19. The molecule has 1 aliphatic heterocycles. The Balaban J connectivity index is 2.00. The van der Waals surface area contributed by atoms with Crippen LogP contribution in [0.5, 0.6) is 0 Å². The van der Waals surface area contributed by atoms with Crippen molar-refractivity contribution in [2.45, 2.75) is 46.1 Å². The van der Waals surface area contributed by atoms with Crippen LogP contribution in [-0.4, -0.2) is 46.9 Å². The maximum atomic E-state index is 12.6. The van der Waals surface area contributed by atoms with Crippen LogP contribution >= 0.6 is 0 Å². The SMILES string of the molecule is CC(C)(C)C(=O)N1CCCC(C(=O)N[C@@H](Cc2ccccc2)C(=O)O)C1. The van der Waals surface area contributed by atoms with Crippen LogP contribution in [0.15, 0.2) is 30.3 Å². The number of aliphatic carboxylic acids is 1. The van der Waals surface area contributed by atoms with E-state index in [1.807, 2.05) is 51.1 Å². The van der Waals surface area contributed by atoms with Gasteiger partial charge in [0.1, 0.15) is 6.04 Å². The zero-order chi connectivity index (χ0) is 19.3. The molecule has 1 fully saturated rings. The molecule has 0 saturated carbocycles. The Hall–Kier alpha value is -2.37. The normalized spacial score (nSPS) is 18.9. The smallest absolute Gasteiger partial charge is 0.326 e. The van der Waals surface area contributed by atoms with Crippen molar-refractivity contribution in [2.24, 2.45) is 11.3 Å². The van der Waals surface area contributed by atoms with Gasteiger partial charge >= 0.3 is 5.97 Å². The number of carbonyl (C=O) groups is 3. The fraction of sp³-hybridized carbons (Fsp3) is 0.550. The molecule has 1 saturated heterocycles. The molecule has 0 radical (unpaired) electrons. The first kappa shape index (κ1) is 19.9. The van der Waals surface area contributed by atoms with E-state index in [-0.39, 0.29) is 24.2 Å². The van der Waals surface area contributed by atoms with Crippen LogP contribution in [0.2, 0.25) is 0 Å². The van der Waals surface area contributed by atoms with E-state index < -0.39 is 17.4 Å². The van der Waals surface area contributed by atoms with Crippen LogP contribution < -0.4 is 5.32 Å². The molecule has 0 aromatic heterocycles. The van der Waals surface area contributed by atoms with Crippen LogP contribution in [0.4, 0.5) is 0 Å². The number of benzene rings is 1. The molecule has 2 amide bonds. The second kappa shape index (κ2) is 8.34. The van der Waals surface area contributed by atoms with Crippen LogP contribution in [0.25, 0.3) is 0 Å². The molecule has 2 rings (SSSR count). The molecular formula is C20H28N2O4. The maximum Gasteiger partial charge on any atom is 0.326 e. The molecule has 1 unspecified atom stereocenters. The number of amides is 2. The Kier molecular flexibility index (Phi) is 6.40. The molecule has 2 N–H and O–H groups in total. The van der Waals surface area contributed by atoms with E-state index in [1.54, 1.807) is 4.90 Å². The summed E-state index contributed by atoms with van der Waals surface area (Å²) in [5.41, 5.74) is 0.364. The van der Waals surface area contributed by atoms with Crippen LogP contribution in [0.1, 0.15) is 39.2 Å².